The molecule has 4 nitrogen and oxygen atoms in total. The van der Waals surface area contributed by atoms with E-state index in [1.807, 2.05) is 32.9 Å². The Morgan fingerprint density at radius 1 is 1.33 bits per heavy atom. The Bertz CT molecular complexity index is 486. The van der Waals surface area contributed by atoms with Crippen LogP contribution in [0.3, 0.4) is 0 Å². The zero-order chi connectivity index (χ0) is 13.7. The topological polar surface area (TPSA) is 55.7 Å². The first kappa shape index (κ1) is 14.6. The van der Waals surface area contributed by atoms with Crippen LogP contribution in [0.5, 0.6) is 0 Å². The molecule has 0 saturated carbocycles. The van der Waals surface area contributed by atoms with E-state index in [2.05, 4.69) is 9.13 Å². The van der Waals surface area contributed by atoms with Crippen LogP contribution in [0, 0.1) is 20.8 Å². The van der Waals surface area contributed by atoms with Gasteiger partial charge in [-0.3, -0.25) is 0 Å². The number of hydrogen-bond donors (Lipinski definition) is 0. The van der Waals surface area contributed by atoms with Crippen LogP contribution in [0.15, 0.2) is 21.4 Å². The molecule has 0 saturated heterocycles. The van der Waals surface area contributed by atoms with Crippen molar-refractivity contribution in [2.75, 3.05) is 6.61 Å². The van der Waals surface area contributed by atoms with E-state index in [0.717, 1.165) is 22.9 Å². The fourth-order valence-electron chi connectivity index (χ4n) is 1.77. The maximum atomic E-state index is 12.0. The van der Waals surface area contributed by atoms with Gasteiger partial charge in [-0.05, 0) is 38.8 Å². The Labute approximate surface area is 110 Å². The van der Waals surface area contributed by atoms with E-state index in [-0.39, 0.29) is 6.61 Å². The van der Waals surface area contributed by atoms with Crippen LogP contribution in [-0.2, 0) is 20.5 Å². The zero-order valence-electron chi connectivity index (χ0n) is 11.0. The summed E-state index contributed by atoms with van der Waals surface area (Å²) in [5.74, 6) is -0.576. The minimum atomic E-state index is -1.57. The van der Waals surface area contributed by atoms with Gasteiger partial charge in [0.1, 0.15) is 6.21 Å². The van der Waals surface area contributed by atoms with Gasteiger partial charge in [-0.1, -0.05) is 17.7 Å². The molecule has 0 bridgehead atoms. The molecule has 1 aromatic rings. The molecular weight excluding hydrogens is 250 g/mol. The van der Waals surface area contributed by atoms with Crippen LogP contribution in [0.1, 0.15) is 23.6 Å². The molecule has 0 spiro atoms. The monoisotopic (exact) mass is 267 g/mol. The second kappa shape index (κ2) is 6.44. The smallest absolute Gasteiger partial charge is 0.350 e. The average molecular weight is 267 g/mol. The highest BCUT2D eigenvalue weighted by atomic mass is 32.2. The molecule has 98 valence electrons. The van der Waals surface area contributed by atoms with Crippen molar-refractivity contribution in [1.82, 2.24) is 0 Å². The summed E-state index contributed by atoms with van der Waals surface area (Å²) >= 11 is 0. The Kier molecular flexibility index (Phi) is 5.22. The van der Waals surface area contributed by atoms with Crippen molar-refractivity contribution in [2.45, 2.75) is 32.6 Å². The summed E-state index contributed by atoms with van der Waals surface area (Å²) in [6.07, 6.45) is 0.971. The van der Waals surface area contributed by atoms with Crippen molar-refractivity contribution in [1.29, 1.82) is 0 Å². The Balaban J connectivity index is 2.95. The van der Waals surface area contributed by atoms with Crippen LogP contribution < -0.4 is 0 Å². The summed E-state index contributed by atoms with van der Waals surface area (Å²) in [4.78, 5) is 11.8. The summed E-state index contributed by atoms with van der Waals surface area (Å²) in [6.45, 7) is 7.73. The fraction of sp³-hybridized carbons (Fsp3) is 0.385. The van der Waals surface area contributed by atoms with Gasteiger partial charge in [-0.25, -0.2) is 9.00 Å². The molecular formula is C13H17NO3S. The molecule has 0 heterocycles. The van der Waals surface area contributed by atoms with Gasteiger partial charge in [-0.15, -0.1) is 0 Å². The van der Waals surface area contributed by atoms with Gasteiger partial charge in [0.05, 0.1) is 11.5 Å². The molecule has 1 rings (SSSR count). The fourth-order valence-corrected chi connectivity index (χ4v) is 2.72. The van der Waals surface area contributed by atoms with Crippen LogP contribution in [-0.4, -0.2) is 23.0 Å². The van der Waals surface area contributed by atoms with Gasteiger partial charge >= 0.3 is 5.97 Å². The predicted octanol–water partition coefficient (Wildman–Crippen LogP) is 2.27. The Morgan fingerprint density at radius 2 is 1.89 bits per heavy atom. The molecule has 1 aromatic carbocycles. The van der Waals surface area contributed by atoms with Crippen molar-refractivity contribution >= 4 is 23.2 Å². The molecule has 5 heteroatoms. The van der Waals surface area contributed by atoms with Crippen molar-refractivity contribution in [2.24, 2.45) is 4.40 Å². The average Bonchev–Trinajstić information content (AvgIpc) is 2.25. The van der Waals surface area contributed by atoms with Crippen molar-refractivity contribution < 1.29 is 13.7 Å². The first-order valence-corrected chi connectivity index (χ1v) is 6.77. The lowest BCUT2D eigenvalue weighted by Crippen LogP contribution is -2.06. The number of benzene rings is 1. The number of ether oxygens (including phenoxy) is 1. The highest BCUT2D eigenvalue weighted by molar-refractivity contribution is 7.84. The summed E-state index contributed by atoms with van der Waals surface area (Å²) in [5, 5.41) is 0. The van der Waals surface area contributed by atoms with E-state index >= 15 is 0 Å². The minimum absolute atomic E-state index is 0.278. The van der Waals surface area contributed by atoms with Gasteiger partial charge in [0, 0.05) is 0 Å². The predicted molar refractivity (Wildman–Crippen MR) is 72.2 cm³/mol. The number of carbonyl (C=O) groups is 1. The van der Waals surface area contributed by atoms with E-state index < -0.39 is 17.0 Å². The molecule has 1 atom stereocenters. The summed E-state index contributed by atoms with van der Waals surface area (Å²) in [7, 11) is -1.57. The molecule has 18 heavy (non-hydrogen) atoms. The largest absolute Gasteiger partial charge is 0.462 e. The SMILES string of the molecule is CCOC(=O)/C=N/[S@](=O)c1c(C)cc(C)cc1C. The van der Waals surface area contributed by atoms with E-state index in [0.29, 0.717) is 4.90 Å². The summed E-state index contributed by atoms with van der Waals surface area (Å²) in [5.41, 5.74) is 2.93. The lowest BCUT2D eigenvalue weighted by atomic mass is 10.1. The van der Waals surface area contributed by atoms with Crippen LogP contribution in [0.4, 0.5) is 0 Å². The molecule has 0 amide bonds. The molecule has 0 fully saturated rings. The minimum Gasteiger partial charge on any atom is -0.462 e. The van der Waals surface area contributed by atoms with Gasteiger partial charge in [0.25, 0.3) is 0 Å². The third-order valence-electron chi connectivity index (χ3n) is 2.32. The molecule has 0 aliphatic heterocycles. The van der Waals surface area contributed by atoms with Gasteiger partial charge < -0.3 is 4.74 Å². The van der Waals surface area contributed by atoms with Crippen molar-refractivity contribution in [3.8, 4) is 0 Å². The van der Waals surface area contributed by atoms with Gasteiger partial charge in [-0.2, -0.15) is 4.40 Å². The second-order valence-electron chi connectivity index (χ2n) is 3.96. The van der Waals surface area contributed by atoms with Gasteiger partial charge in [0.2, 0.25) is 0 Å². The number of carbonyl (C=O) groups excluding carboxylic acids is 1. The molecule has 0 aliphatic rings. The molecule has 0 aromatic heterocycles. The quantitative estimate of drug-likeness (QED) is 0.621. The third kappa shape index (κ3) is 3.77. The Hall–Kier alpha value is -1.49. The summed E-state index contributed by atoms with van der Waals surface area (Å²) < 4.78 is 20.4. The van der Waals surface area contributed by atoms with E-state index in [9.17, 15) is 9.00 Å². The third-order valence-corrected chi connectivity index (χ3v) is 3.61. The van der Waals surface area contributed by atoms with E-state index in [1.165, 1.54) is 0 Å². The first-order chi connectivity index (χ1) is 8.45. The zero-order valence-corrected chi connectivity index (χ0v) is 11.8. The molecule has 0 N–H and O–H groups in total. The highest BCUT2D eigenvalue weighted by Crippen LogP contribution is 2.20. The first-order valence-electron chi connectivity index (χ1n) is 5.66. The molecule has 0 aliphatic carbocycles. The number of rotatable bonds is 4. The maximum Gasteiger partial charge on any atom is 0.350 e. The van der Waals surface area contributed by atoms with Crippen molar-refractivity contribution in [3.63, 3.8) is 0 Å². The Morgan fingerprint density at radius 3 is 2.39 bits per heavy atom. The van der Waals surface area contributed by atoms with Crippen molar-refractivity contribution in [3.05, 3.63) is 28.8 Å². The van der Waals surface area contributed by atoms with E-state index in [1.54, 1.807) is 6.92 Å². The second-order valence-corrected chi connectivity index (χ2v) is 5.08. The molecule has 0 unspecified atom stereocenters. The standard InChI is InChI=1S/C13H17NO3S/c1-5-17-12(15)8-14-18(16)13-10(3)6-9(2)7-11(13)4/h6-8H,5H2,1-4H3/b14-8+/t18-/m1/s1. The number of esters is 1. The normalized spacial score (nSPS) is 12.7. The van der Waals surface area contributed by atoms with Crippen LogP contribution in [0.25, 0.3) is 0 Å². The van der Waals surface area contributed by atoms with Crippen LogP contribution in [0.2, 0.25) is 0 Å². The number of nitrogens with zero attached hydrogens (tertiary/aromatic N) is 1. The number of aryl methyl sites for hydroxylation is 3. The summed E-state index contributed by atoms with van der Waals surface area (Å²) in [6, 6.07) is 3.89. The van der Waals surface area contributed by atoms with Crippen LogP contribution >= 0.6 is 0 Å². The van der Waals surface area contributed by atoms with Gasteiger partial charge in [0.15, 0.2) is 11.0 Å². The number of hydrogen-bond acceptors (Lipinski definition) is 3. The maximum absolute atomic E-state index is 12.0. The lowest BCUT2D eigenvalue weighted by molar-refractivity contribution is -0.134. The van der Waals surface area contributed by atoms with E-state index in [4.69, 9.17) is 0 Å². The lowest BCUT2D eigenvalue weighted by Gasteiger charge is -2.07. The molecule has 0 radical (unpaired) electrons. The highest BCUT2D eigenvalue weighted by Gasteiger charge is 2.10.